The van der Waals surface area contributed by atoms with Crippen LogP contribution in [-0.2, 0) is 11.3 Å². The number of carbonyl (C=O) groups is 1. The van der Waals surface area contributed by atoms with Gasteiger partial charge >= 0.3 is 0 Å². The molecule has 8 heteroatoms. The molecule has 0 aliphatic carbocycles. The number of piperidine rings is 1. The van der Waals surface area contributed by atoms with Gasteiger partial charge in [0.25, 0.3) is 0 Å². The van der Waals surface area contributed by atoms with Crippen molar-refractivity contribution >= 4 is 18.1 Å². The minimum atomic E-state index is 0.0454. The lowest BCUT2D eigenvalue weighted by Gasteiger charge is -2.34. The number of rotatable bonds is 10. The molecular weight excluding hydrogens is 410 g/mol. The van der Waals surface area contributed by atoms with Crippen molar-refractivity contribution in [1.82, 2.24) is 25.0 Å². The van der Waals surface area contributed by atoms with Gasteiger partial charge in [0.15, 0.2) is 10.6 Å². The summed E-state index contributed by atoms with van der Waals surface area (Å²) < 4.78 is 7.59. The molecule has 1 saturated heterocycles. The van der Waals surface area contributed by atoms with Crippen molar-refractivity contribution < 1.29 is 9.53 Å². The number of aromatic nitrogens is 3. The Kier molecular flexibility index (Phi) is 8.66. The number of ether oxygens (including phenoxy) is 1. The van der Waals surface area contributed by atoms with Gasteiger partial charge in [-0.15, -0.1) is 0 Å². The summed E-state index contributed by atoms with van der Waals surface area (Å²) in [4.78, 5) is 14.9. The minimum absolute atomic E-state index is 0.0454. The molecule has 31 heavy (non-hydrogen) atoms. The maximum atomic E-state index is 12.3. The van der Waals surface area contributed by atoms with Crippen LogP contribution in [-0.4, -0.2) is 58.9 Å². The van der Waals surface area contributed by atoms with Crippen molar-refractivity contribution in [2.45, 2.75) is 46.1 Å². The molecular formula is C23H35N5O2S. The lowest BCUT2D eigenvalue weighted by Crippen LogP contribution is -2.39. The van der Waals surface area contributed by atoms with Gasteiger partial charge in [-0.2, -0.15) is 5.10 Å². The number of nitrogens with one attached hydrogen (secondary N) is 2. The topological polar surface area (TPSA) is 75.2 Å². The van der Waals surface area contributed by atoms with Crippen molar-refractivity contribution in [1.29, 1.82) is 0 Å². The van der Waals surface area contributed by atoms with Gasteiger partial charge in [0, 0.05) is 38.2 Å². The summed E-state index contributed by atoms with van der Waals surface area (Å²) in [6, 6.07) is 7.64. The smallest absolute Gasteiger partial charge is 0.221 e. The summed E-state index contributed by atoms with van der Waals surface area (Å²) in [6.45, 7) is 9.44. The summed E-state index contributed by atoms with van der Waals surface area (Å²) in [6.07, 6.45) is 3.84. The van der Waals surface area contributed by atoms with Gasteiger partial charge in [-0.3, -0.25) is 14.5 Å². The van der Waals surface area contributed by atoms with Crippen LogP contribution in [0.15, 0.2) is 24.3 Å². The zero-order valence-corrected chi connectivity index (χ0v) is 19.7. The van der Waals surface area contributed by atoms with E-state index < -0.39 is 0 Å². The van der Waals surface area contributed by atoms with Crippen LogP contribution in [0, 0.1) is 16.6 Å². The fourth-order valence-corrected chi connectivity index (χ4v) is 4.67. The Hall–Kier alpha value is -2.19. The van der Waals surface area contributed by atoms with Crippen LogP contribution in [0.1, 0.15) is 39.5 Å². The molecule has 0 saturated carbocycles. The molecule has 1 amide bonds. The number of benzene rings is 1. The predicted octanol–water partition coefficient (Wildman–Crippen LogP) is 3.88. The number of carbonyl (C=O) groups excluding carboxylic acids is 1. The van der Waals surface area contributed by atoms with E-state index >= 15 is 0 Å². The Morgan fingerprint density at radius 2 is 1.90 bits per heavy atom. The van der Waals surface area contributed by atoms with Crippen LogP contribution in [0.3, 0.4) is 0 Å². The Labute approximate surface area is 190 Å². The highest BCUT2D eigenvalue weighted by molar-refractivity contribution is 7.71. The third kappa shape index (κ3) is 6.90. The molecule has 7 nitrogen and oxygen atoms in total. The number of unbranched alkanes of at least 4 members (excludes halogenated alkanes) is 1. The monoisotopic (exact) mass is 445 g/mol. The molecule has 0 radical (unpaired) electrons. The largest absolute Gasteiger partial charge is 0.497 e. The molecule has 1 aliphatic heterocycles. The van der Waals surface area contributed by atoms with E-state index in [2.05, 4.69) is 34.3 Å². The van der Waals surface area contributed by atoms with Gasteiger partial charge in [0.1, 0.15) is 5.75 Å². The zero-order valence-electron chi connectivity index (χ0n) is 18.9. The fraction of sp³-hybridized carbons (Fsp3) is 0.609. The molecule has 1 aromatic carbocycles. The molecule has 3 rings (SSSR count). The van der Waals surface area contributed by atoms with E-state index in [9.17, 15) is 4.79 Å². The third-order valence-electron chi connectivity index (χ3n) is 5.84. The van der Waals surface area contributed by atoms with Gasteiger partial charge in [0.05, 0.1) is 7.11 Å². The molecule has 1 aromatic heterocycles. The molecule has 2 unspecified atom stereocenters. The van der Waals surface area contributed by atoms with Crippen molar-refractivity contribution in [3.63, 3.8) is 0 Å². The number of amides is 1. The number of likely N-dealkylation sites (tertiary alicyclic amines) is 1. The standard InChI is InChI=1S/C23H35N5O2S/c1-17-14-18(2)16-27(15-17)12-5-4-11-24-21(29)10-13-28-22(25-26-23(28)31)19-6-8-20(30-3)9-7-19/h6-9,17-18H,4-5,10-16H2,1-3H3,(H,24,29)(H,26,31). The molecule has 2 N–H and O–H groups in total. The van der Waals surface area contributed by atoms with Gasteiger partial charge in [-0.25, -0.2) is 0 Å². The summed E-state index contributed by atoms with van der Waals surface area (Å²) in [5.74, 6) is 3.14. The lowest BCUT2D eigenvalue weighted by atomic mass is 9.92. The number of nitrogens with zero attached hydrogens (tertiary/aromatic N) is 3. The molecule has 2 heterocycles. The first-order chi connectivity index (χ1) is 15.0. The molecule has 0 bridgehead atoms. The molecule has 1 aliphatic rings. The average Bonchev–Trinajstić information content (AvgIpc) is 3.11. The van der Waals surface area contributed by atoms with Crippen molar-refractivity contribution in [2.75, 3.05) is 33.3 Å². The second-order valence-electron chi connectivity index (χ2n) is 8.75. The van der Waals surface area contributed by atoms with Crippen molar-refractivity contribution in [2.24, 2.45) is 11.8 Å². The van der Waals surface area contributed by atoms with Gasteiger partial charge in [-0.1, -0.05) is 13.8 Å². The third-order valence-corrected chi connectivity index (χ3v) is 6.15. The normalized spacial score (nSPS) is 19.3. The highest BCUT2D eigenvalue weighted by Gasteiger charge is 2.21. The Morgan fingerprint density at radius 3 is 2.58 bits per heavy atom. The average molecular weight is 446 g/mol. The second kappa shape index (κ2) is 11.4. The molecule has 1 fully saturated rings. The highest BCUT2D eigenvalue weighted by atomic mass is 32.1. The van der Waals surface area contributed by atoms with E-state index in [0.29, 0.717) is 17.7 Å². The highest BCUT2D eigenvalue weighted by Crippen LogP contribution is 2.22. The quantitative estimate of drug-likeness (QED) is 0.429. The fourth-order valence-electron chi connectivity index (χ4n) is 4.45. The molecule has 0 spiro atoms. The number of methoxy groups -OCH3 is 1. The second-order valence-corrected chi connectivity index (χ2v) is 9.13. The van der Waals surface area contributed by atoms with E-state index in [-0.39, 0.29) is 5.91 Å². The van der Waals surface area contributed by atoms with Gasteiger partial charge in [0.2, 0.25) is 5.91 Å². The first-order valence-electron chi connectivity index (χ1n) is 11.2. The van der Waals surface area contributed by atoms with Crippen LogP contribution >= 0.6 is 12.2 Å². The van der Waals surface area contributed by atoms with Crippen LogP contribution < -0.4 is 10.1 Å². The zero-order chi connectivity index (χ0) is 22.2. The van der Waals surface area contributed by atoms with Crippen molar-refractivity contribution in [3.05, 3.63) is 29.0 Å². The van der Waals surface area contributed by atoms with Gasteiger partial charge in [-0.05, 0) is 74.1 Å². The molecule has 170 valence electrons. The van der Waals surface area contributed by atoms with E-state index in [1.165, 1.54) is 19.5 Å². The predicted molar refractivity (Wildman–Crippen MR) is 126 cm³/mol. The lowest BCUT2D eigenvalue weighted by molar-refractivity contribution is -0.121. The number of aromatic amines is 1. The summed E-state index contributed by atoms with van der Waals surface area (Å²) in [5, 5.41) is 10.2. The van der Waals surface area contributed by atoms with E-state index in [0.717, 1.165) is 54.9 Å². The maximum Gasteiger partial charge on any atom is 0.221 e. The summed E-state index contributed by atoms with van der Waals surface area (Å²) >= 11 is 5.36. The molecule has 2 atom stereocenters. The van der Waals surface area contributed by atoms with Crippen LogP contribution in [0.25, 0.3) is 11.4 Å². The van der Waals surface area contributed by atoms with Crippen molar-refractivity contribution in [3.8, 4) is 17.1 Å². The SMILES string of the molecule is COc1ccc(-c2n[nH]c(=S)n2CCC(=O)NCCCCN2CC(C)CC(C)C2)cc1. The van der Waals surface area contributed by atoms with Gasteiger partial charge < -0.3 is 15.0 Å². The van der Waals surface area contributed by atoms with E-state index in [1.807, 2.05) is 28.8 Å². The Balaban J connectivity index is 1.40. The van der Waals surface area contributed by atoms with Crippen LogP contribution in [0.2, 0.25) is 0 Å². The summed E-state index contributed by atoms with van der Waals surface area (Å²) in [5.41, 5.74) is 0.926. The molecule has 2 aromatic rings. The number of H-pyrrole nitrogens is 1. The van der Waals surface area contributed by atoms with Crippen LogP contribution in [0.4, 0.5) is 0 Å². The number of hydrogen-bond donors (Lipinski definition) is 2. The van der Waals surface area contributed by atoms with Crippen LogP contribution in [0.5, 0.6) is 5.75 Å². The number of hydrogen-bond acceptors (Lipinski definition) is 5. The first-order valence-corrected chi connectivity index (χ1v) is 11.7. The maximum absolute atomic E-state index is 12.3. The Morgan fingerprint density at radius 1 is 1.19 bits per heavy atom. The van der Waals surface area contributed by atoms with E-state index in [1.54, 1.807) is 7.11 Å². The Bertz CT molecular complexity index is 882. The summed E-state index contributed by atoms with van der Waals surface area (Å²) in [7, 11) is 1.64. The first kappa shape index (κ1) is 23.5. The minimum Gasteiger partial charge on any atom is -0.497 e. The van der Waals surface area contributed by atoms with E-state index in [4.69, 9.17) is 17.0 Å².